The fraction of sp³-hybridized carbons (Fsp3) is 0.190. The van der Waals surface area contributed by atoms with Crippen molar-refractivity contribution < 1.29 is 14.3 Å². The molecular formula is C21H22N4O3. The van der Waals surface area contributed by atoms with Gasteiger partial charge in [0.1, 0.15) is 11.4 Å². The van der Waals surface area contributed by atoms with Gasteiger partial charge in [0.05, 0.1) is 24.9 Å². The van der Waals surface area contributed by atoms with Gasteiger partial charge in [-0.05, 0) is 24.3 Å². The molecule has 28 heavy (non-hydrogen) atoms. The van der Waals surface area contributed by atoms with Gasteiger partial charge < -0.3 is 15.0 Å². The van der Waals surface area contributed by atoms with Gasteiger partial charge in [0.25, 0.3) is 5.91 Å². The van der Waals surface area contributed by atoms with Crippen LogP contribution in [0.15, 0.2) is 60.8 Å². The van der Waals surface area contributed by atoms with E-state index in [1.54, 1.807) is 25.0 Å². The molecule has 3 rings (SSSR count). The third-order valence-electron chi connectivity index (χ3n) is 4.31. The number of carbonyl (C=O) groups excluding carboxylic acids is 2. The Morgan fingerprint density at radius 2 is 1.89 bits per heavy atom. The first kappa shape index (κ1) is 19.2. The Bertz CT molecular complexity index is 982. The van der Waals surface area contributed by atoms with Gasteiger partial charge in [-0.3, -0.25) is 9.59 Å². The minimum Gasteiger partial charge on any atom is -0.497 e. The number of nitrogens with one attached hydrogen (secondary N) is 1. The van der Waals surface area contributed by atoms with E-state index in [-0.39, 0.29) is 18.4 Å². The fourth-order valence-electron chi connectivity index (χ4n) is 2.80. The fourth-order valence-corrected chi connectivity index (χ4v) is 2.80. The third kappa shape index (κ3) is 4.03. The van der Waals surface area contributed by atoms with E-state index in [1.807, 2.05) is 54.6 Å². The molecule has 1 aromatic heterocycles. The zero-order chi connectivity index (χ0) is 20.1. The van der Waals surface area contributed by atoms with Crippen molar-refractivity contribution in [2.45, 2.75) is 0 Å². The summed E-state index contributed by atoms with van der Waals surface area (Å²) in [5.41, 5.74) is 2.52. The Hall–Kier alpha value is -3.61. The van der Waals surface area contributed by atoms with Gasteiger partial charge in [0.15, 0.2) is 0 Å². The second-order valence-corrected chi connectivity index (χ2v) is 6.24. The zero-order valence-electron chi connectivity index (χ0n) is 16.0. The van der Waals surface area contributed by atoms with Gasteiger partial charge in [-0.15, -0.1) is 0 Å². The highest BCUT2D eigenvalue weighted by Gasteiger charge is 2.23. The predicted molar refractivity (Wildman–Crippen MR) is 107 cm³/mol. The molecule has 0 aliphatic heterocycles. The van der Waals surface area contributed by atoms with E-state index in [9.17, 15) is 9.59 Å². The number of rotatable bonds is 6. The number of hydrogen-bond acceptors (Lipinski definition) is 4. The van der Waals surface area contributed by atoms with Gasteiger partial charge in [0, 0.05) is 25.9 Å². The molecule has 2 amide bonds. The van der Waals surface area contributed by atoms with Crippen LogP contribution in [0.3, 0.4) is 0 Å². The highest BCUT2D eigenvalue weighted by molar-refractivity contribution is 6.01. The first-order chi connectivity index (χ1) is 13.5. The molecule has 144 valence electrons. The second-order valence-electron chi connectivity index (χ2n) is 6.24. The van der Waals surface area contributed by atoms with Crippen LogP contribution >= 0.6 is 0 Å². The normalized spacial score (nSPS) is 10.4. The number of amides is 2. The molecule has 0 saturated carbocycles. The maximum Gasteiger partial charge on any atom is 0.257 e. The number of carbonyl (C=O) groups is 2. The molecule has 0 spiro atoms. The second kappa shape index (κ2) is 8.39. The Labute approximate surface area is 163 Å². The van der Waals surface area contributed by atoms with E-state index in [1.165, 1.54) is 11.9 Å². The van der Waals surface area contributed by atoms with E-state index in [0.29, 0.717) is 17.0 Å². The molecular weight excluding hydrogens is 356 g/mol. The largest absolute Gasteiger partial charge is 0.497 e. The van der Waals surface area contributed by atoms with Gasteiger partial charge in [-0.1, -0.05) is 30.3 Å². The van der Waals surface area contributed by atoms with Crippen LogP contribution in [-0.2, 0) is 4.79 Å². The molecule has 0 fully saturated rings. The summed E-state index contributed by atoms with van der Waals surface area (Å²) in [7, 11) is 4.72. The minimum atomic E-state index is -0.288. The maximum absolute atomic E-state index is 13.1. The number of hydrogen-bond donors (Lipinski definition) is 1. The van der Waals surface area contributed by atoms with Crippen LogP contribution in [-0.4, -0.2) is 54.2 Å². The van der Waals surface area contributed by atoms with Crippen LogP contribution in [0, 0.1) is 0 Å². The molecule has 1 N–H and O–H groups in total. The Morgan fingerprint density at radius 1 is 1.14 bits per heavy atom. The number of aromatic nitrogens is 2. The molecule has 2 aromatic carbocycles. The lowest BCUT2D eigenvalue weighted by atomic mass is 10.1. The number of nitrogens with zero attached hydrogens (tertiary/aromatic N) is 3. The first-order valence-electron chi connectivity index (χ1n) is 8.79. The average Bonchev–Trinajstić information content (AvgIpc) is 3.19. The number of benzene rings is 2. The maximum atomic E-state index is 13.1. The SMILES string of the molecule is CNC(=O)CN(C)C(=O)c1cn(-c2ccccc2)nc1-c1cccc(OC)c1. The van der Waals surface area contributed by atoms with Crippen molar-refractivity contribution in [3.63, 3.8) is 0 Å². The molecule has 1 heterocycles. The molecule has 7 heteroatoms. The summed E-state index contributed by atoms with van der Waals surface area (Å²) in [5, 5.41) is 7.17. The Balaban J connectivity index is 2.07. The summed E-state index contributed by atoms with van der Waals surface area (Å²) in [6, 6.07) is 16.9. The van der Waals surface area contributed by atoms with E-state index < -0.39 is 0 Å². The summed E-state index contributed by atoms with van der Waals surface area (Å²) >= 11 is 0. The van der Waals surface area contributed by atoms with Crippen molar-refractivity contribution in [3.05, 3.63) is 66.4 Å². The van der Waals surface area contributed by atoms with Gasteiger partial charge in [-0.25, -0.2) is 4.68 Å². The summed E-state index contributed by atoms with van der Waals surface area (Å²) in [6.45, 7) is -0.0383. The van der Waals surface area contributed by atoms with E-state index in [4.69, 9.17) is 4.74 Å². The van der Waals surface area contributed by atoms with Crippen LogP contribution in [0.2, 0.25) is 0 Å². The van der Waals surface area contributed by atoms with Crippen LogP contribution in [0.4, 0.5) is 0 Å². The highest BCUT2D eigenvalue weighted by Crippen LogP contribution is 2.27. The minimum absolute atomic E-state index is 0.0383. The zero-order valence-corrected chi connectivity index (χ0v) is 16.0. The molecule has 0 aliphatic rings. The molecule has 0 radical (unpaired) electrons. The average molecular weight is 378 g/mol. The lowest BCUT2D eigenvalue weighted by molar-refractivity contribution is -0.121. The molecule has 0 atom stereocenters. The van der Waals surface area contributed by atoms with Crippen molar-refractivity contribution in [2.75, 3.05) is 27.7 Å². The quantitative estimate of drug-likeness (QED) is 0.714. The van der Waals surface area contributed by atoms with Crippen molar-refractivity contribution in [1.82, 2.24) is 20.0 Å². The number of ether oxygens (including phenoxy) is 1. The number of methoxy groups -OCH3 is 1. The van der Waals surface area contributed by atoms with Crippen LogP contribution < -0.4 is 10.1 Å². The molecule has 0 aliphatic carbocycles. The van der Waals surface area contributed by atoms with Crippen molar-refractivity contribution in [2.24, 2.45) is 0 Å². The van der Waals surface area contributed by atoms with Crippen LogP contribution in [0.25, 0.3) is 16.9 Å². The Kier molecular flexibility index (Phi) is 5.74. The molecule has 0 saturated heterocycles. The third-order valence-corrected chi connectivity index (χ3v) is 4.31. The predicted octanol–water partition coefficient (Wildman–Crippen LogP) is 2.37. The van der Waals surface area contributed by atoms with E-state index >= 15 is 0 Å². The number of likely N-dealkylation sites (N-methyl/N-ethyl adjacent to an activating group) is 2. The molecule has 0 unspecified atom stereocenters. The topological polar surface area (TPSA) is 76.5 Å². The van der Waals surface area contributed by atoms with Crippen LogP contribution in [0.5, 0.6) is 5.75 Å². The molecule has 0 bridgehead atoms. The van der Waals surface area contributed by atoms with E-state index in [2.05, 4.69) is 10.4 Å². The van der Waals surface area contributed by atoms with Crippen molar-refractivity contribution in [1.29, 1.82) is 0 Å². The summed E-state index contributed by atoms with van der Waals surface area (Å²) < 4.78 is 6.96. The lowest BCUT2D eigenvalue weighted by Gasteiger charge is -2.16. The monoisotopic (exact) mass is 378 g/mol. The smallest absolute Gasteiger partial charge is 0.257 e. The summed E-state index contributed by atoms with van der Waals surface area (Å²) in [5.74, 6) is 0.140. The summed E-state index contributed by atoms with van der Waals surface area (Å²) in [4.78, 5) is 26.1. The highest BCUT2D eigenvalue weighted by atomic mass is 16.5. The summed E-state index contributed by atoms with van der Waals surface area (Å²) in [6.07, 6.45) is 1.69. The standard InChI is InChI=1S/C21H22N4O3/c1-22-19(26)14-24(2)21(27)18-13-25(16-9-5-4-6-10-16)23-20(18)15-8-7-11-17(12-15)28-3/h4-13H,14H2,1-3H3,(H,22,26). The van der Waals surface area contributed by atoms with E-state index in [0.717, 1.165) is 11.3 Å². The molecule has 3 aromatic rings. The van der Waals surface area contributed by atoms with Gasteiger partial charge >= 0.3 is 0 Å². The van der Waals surface area contributed by atoms with Gasteiger partial charge in [0.2, 0.25) is 5.91 Å². The Morgan fingerprint density at radius 3 is 2.57 bits per heavy atom. The van der Waals surface area contributed by atoms with Crippen LogP contribution in [0.1, 0.15) is 10.4 Å². The lowest BCUT2D eigenvalue weighted by Crippen LogP contribution is -2.36. The van der Waals surface area contributed by atoms with Crippen molar-refractivity contribution >= 4 is 11.8 Å². The first-order valence-corrected chi connectivity index (χ1v) is 8.79. The van der Waals surface area contributed by atoms with Gasteiger partial charge in [-0.2, -0.15) is 5.10 Å². The number of para-hydroxylation sites is 1. The molecule has 7 nitrogen and oxygen atoms in total. The van der Waals surface area contributed by atoms with Crippen molar-refractivity contribution in [3.8, 4) is 22.7 Å².